The highest BCUT2D eigenvalue weighted by Gasteiger charge is 2.42. The molecule has 2 aliphatic rings. The number of hydrogen-bond acceptors (Lipinski definition) is 5. The Kier molecular flexibility index (Phi) is 3.27. The maximum atomic E-state index is 12.3. The molecule has 2 aliphatic carbocycles. The smallest absolute Gasteiger partial charge is 0.295 e. The maximum Gasteiger partial charge on any atom is 0.398 e. The lowest BCUT2D eigenvalue weighted by Gasteiger charge is -2.31. The first kappa shape index (κ1) is 14.1. The first-order valence-corrected chi connectivity index (χ1v) is 7.72. The van der Waals surface area contributed by atoms with Crippen molar-refractivity contribution in [2.24, 2.45) is 5.92 Å². The van der Waals surface area contributed by atoms with Gasteiger partial charge < -0.3 is 0 Å². The molecule has 0 saturated heterocycles. The summed E-state index contributed by atoms with van der Waals surface area (Å²) in [6.45, 7) is 0. The molecule has 0 aromatic heterocycles. The third-order valence-corrected chi connectivity index (χ3v) is 4.23. The third-order valence-electron chi connectivity index (χ3n) is 3.79. The summed E-state index contributed by atoms with van der Waals surface area (Å²) >= 11 is 0. The number of hydrogen-bond donors (Lipinski definition) is 1. The molecule has 21 heavy (non-hydrogen) atoms. The van der Waals surface area contributed by atoms with Gasteiger partial charge in [-0.2, -0.15) is 8.42 Å². The zero-order chi connectivity index (χ0) is 15.2. The minimum absolute atomic E-state index is 0.402. The van der Waals surface area contributed by atoms with E-state index in [1.54, 1.807) is 0 Å². The molecular weight excluding hydrogens is 296 g/mol. The summed E-state index contributed by atoms with van der Waals surface area (Å²) in [4.78, 5) is 24.1. The van der Waals surface area contributed by atoms with Crippen LogP contribution in [0.15, 0.2) is 35.9 Å². The molecule has 0 fully saturated rings. The summed E-state index contributed by atoms with van der Waals surface area (Å²) in [7, 11) is -4.86. The molecule has 0 spiro atoms. The van der Waals surface area contributed by atoms with Gasteiger partial charge in [0.15, 0.2) is 17.7 Å². The number of Topliss-reactive ketones (excluding diaryl/α,β-unsaturated/α-hetero) is 1. The molecule has 2 atom stereocenters. The van der Waals surface area contributed by atoms with Crippen molar-refractivity contribution >= 4 is 22.0 Å². The molecule has 3 rings (SSSR count). The number of allylic oxidation sites excluding steroid dienone is 1. The fourth-order valence-corrected chi connectivity index (χ4v) is 3.29. The van der Waals surface area contributed by atoms with Crippen LogP contribution in [-0.4, -0.2) is 30.6 Å². The van der Waals surface area contributed by atoms with Crippen LogP contribution in [0.4, 0.5) is 0 Å². The van der Waals surface area contributed by atoms with Crippen molar-refractivity contribution in [3.05, 3.63) is 47.0 Å². The van der Waals surface area contributed by atoms with Gasteiger partial charge in [0, 0.05) is 5.92 Å². The lowest BCUT2D eigenvalue weighted by atomic mass is 9.73. The quantitative estimate of drug-likeness (QED) is 0.637. The van der Waals surface area contributed by atoms with Crippen LogP contribution in [0.1, 0.15) is 11.1 Å². The van der Waals surface area contributed by atoms with Crippen LogP contribution in [-0.2, 0) is 37.0 Å². The van der Waals surface area contributed by atoms with E-state index in [-0.39, 0.29) is 0 Å². The van der Waals surface area contributed by atoms with Gasteiger partial charge in [0.05, 0.1) is 0 Å². The molecule has 0 heterocycles. The average molecular weight is 308 g/mol. The van der Waals surface area contributed by atoms with E-state index in [2.05, 4.69) is 4.18 Å². The summed E-state index contributed by atoms with van der Waals surface area (Å²) in [5.41, 5.74) is 2.71. The van der Waals surface area contributed by atoms with E-state index >= 15 is 0 Å². The van der Waals surface area contributed by atoms with Crippen molar-refractivity contribution in [2.75, 3.05) is 0 Å². The minimum Gasteiger partial charge on any atom is -0.295 e. The van der Waals surface area contributed by atoms with Crippen LogP contribution in [0.5, 0.6) is 0 Å². The highest BCUT2D eigenvalue weighted by atomic mass is 32.3. The second kappa shape index (κ2) is 4.87. The predicted octanol–water partition coefficient (Wildman–Crippen LogP) is 0.668. The van der Waals surface area contributed by atoms with Crippen molar-refractivity contribution in [3.63, 3.8) is 0 Å². The van der Waals surface area contributed by atoms with Gasteiger partial charge in [-0.3, -0.25) is 14.1 Å². The van der Waals surface area contributed by atoms with Gasteiger partial charge in [0.2, 0.25) is 0 Å². The Hall–Kier alpha value is -1.83. The fraction of sp³-hybridized carbons (Fsp3) is 0.286. The summed E-state index contributed by atoms with van der Waals surface area (Å²) < 4.78 is 34.4. The first-order chi connectivity index (χ1) is 9.85. The first-order valence-electron chi connectivity index (χ1n) is 6.35. The van der Waals surface area contributed by atoms with Crippen LogP contribution >= 0.6 is 0 Å². The van der Waals surface area contributed by atoms with Crippen molar-refractivity contribution < 1.29 is 26.7 Å². The van der Waals surface area contributed by atoms with E-state index < -0.39 is 34.0 Å². The van der Waals surface area contributed by atoms with Gasteiger partial charge in [-0.15, -0.1) is 0 Å². The van der Waals surface area contributed by atoms with Crippen LogP contribution < -0.4 is 0 Å². The Bertz CT molecular complexity index is 761. The van der Waals surface area contributed by atoms with Gasteiger partial charge in [-0.05, 0) is 30.0 Å². The number of carbonyl (C=O) groups excluding carboxylic acids is 2. The predicted molar refractivity (Wildman–Crippen MR) is 71.9 cm³/mol. The molecule has 7 heteroatoms. The second-order valence-corrected chi connectivity index (χ2v) is 6.18. The van der Waals surface area contributed by atoms with E-state index in [4.69, 9.17) is 4.55 Å². The van der Waals surface area contributed by atoms with Crippen molar-refractivity contribution in [2.45, 2.75) is 18.9 Å². The molecule has 1 aromatic rings. The van der Waals surface area contributed by atoms with Crippen LogP contribution in [0, 0.1) is 5.92 Å². The Morgan fingerprint density at radius 1 is 1.14 bits per heavy atom. The lowest BCUT2D eigenvalue weighted by molar-refractivity contribution is -0.137. The highest BCUT2D eigenvalue weighted by molar-refractivity contribution is 7.81. The maximum absolute atomic E-state index is 12.3. The van der Waals surface area contributed by atoms with Crippen molar-refractivity contribution in [1.82, 2.24) is 0 Å². The third kappa shape index (κ3) is 2.67. The summed E-state index contributed by atoms with van der Waals surface area (Å²) in [5, 5.41) is 0. The van der Waals surface area contributed by atoms with E-state index in [0.29, 0.717) is 18.4 Å². The highest BCUT2D eigenvalue weighted by Crippen LogP contribution is 2.34. The van der Waals surface area contributed by atoms with E-state index in [1.807, 2.05) is 24.3 Å². The molecule has 1 N–H and O–H groups in total. The van der Waals surface area contributed by atoms with Gasteiger partial charge >= 0.3 is 10.4 Å². The number of fused-ring (bicyclic) bond motifs is 2. The molecule has 0 saturated carbocycles. The Morgan fingerprint density at radius 3 is 2.48 bits per heavy atom. The van der Waals surface area contributed by atoms with Crippen LogP contribution in [0.25, 0.3) is 0 Å². The molecular formula is C14H12O6S. The van der Waals surface area contributed by atoms with Crippen molar-refractivity contribution in [3.8, 4) is 0 Å². The second-order valence-electron chi connectivity index (χ2n) is 5.13. The summed E-state index contributed by atoms with van der Waals surface area (Å²) in [5.74, 6) is -1.95. The SMILES string of the molecule is O=C1C=C2Cc3ccccc3CC2C(=O)C1OS(=O)(=O)O. The molecule has 0 bridgehead atoms. The average Bonchev–Trinajstić information content (AvgIpc) is 2.41. The van der Waals surface area contributed by atoms with E-state index in [1.165, 1.54) is 6.08 Å². The van der Waals surface area contributed by atoms with Gasteiger partial charge in [0.25, 0.3) is 0 Å². The van der Waals surface area contributed by atoms with Crippen LogP contribution in [0.3, 0.4) is 0 Å². The van der Waals surface area contributed by atoms with Gasteiger partial charge in [-0.25, -0.2) is 4.18 Å². The topological polar surface area (TPSA) is 97.7 Å². The fourth-order valence-electron chi connectivity index (χ4n) is 2.86. The zero-order valence-electron chi connectivity index (χ0n) is 10.9. The standard InChI is InChI=1S/C14H12O6S/c15-12-7-10-5-8-3-1-2-4-9(8)6-11(10)13(16)14(12)20-21(17,18)19/h1-4,7,11,14H,5-6H2,(H,17,18,19). The monoisotopic (exact) mass is 308 g/mol. The molecule has 1 aromatic carbocycles. The minimum atomic E-state index is -4.86. The summed E-state index contributed by atoms with van der Waals surface area (Å²) in [6.07, 6.45) is 0.368. The molecule has 6 nitrogen and oxygen atoms in total. The van der Waals surface area contributed by atoms with Crippen LogP contribution in [0.2, 0.25) is 0 Å². The zero-order valence-corrected chi connectivity index (χ0v) is 11.7. The molecule has 110 valence electrons. The Morgan fingerprint density at radius 2 is 1.81 bits per heavy atom. The number of ketones is 2. The Balaban J connectivity index is 1.97. The lowest BCUT2D eigenvalue weighted by Crippen LogP contribution is -2.44. The van der Waals surface area contributed by atoms with Gasteiger partial charge in [-0.1, -0.05) is 29.8 Å². The molecule has 0 aliphatic heterocycles. The largest absolute Gasteiger partial charge is 0.398 e. The molecule has 2 unspecified atom stereocenters. The normalized spacial score (nSPS) is 25.1. The molecule has 0 amide bonds. The number of carbonyl (C=O) groups is 2. The van der Waals surface area contributed by atoms with E-state index in [9.17, 15) is 18.0 Å². The summed E-state index contributed by atoms with van der Waals surface area (Å²) in [6, 6.07) is 7.57. The number of benzene rings is 1. The Labute approximate surface area is 121 Å². The number of rotatable bonds is 2. The molecule has 0 radical (unpaired) electrons. The van der Waals surface area contributed by atoms with Gasteiger partial charge in [0.1, 0.15) is 0 Å². The van der Waals surface area contributed by atoms with E-state index in [0.717, 1.165) is 11.1 Å². The van der Waals surface area contributed by atoms with Crippen molar-refractivity contribution in [1.29, 1.82) is 0 Å².